The molecule has 0 spiro atoms. The fourth-order valence-electron chi connectivity index (χ4n) is 2.89. The summed E-state index contributed by atoms with van der Waals surface area (Å²) >= 11 is 0. The number of likely N-dealkylation sites (N-methyl/N-ethyl adjacent to an activating group) is 1. The van der Waals surface area contributed by atoms with Crippen molar-refractivity contribution >= 4 is 6.03 Å². The Labute approximate surface area is 120 Å². The Bertz CT molecular complexity index is 473. The summed E-state index contributed by atoms with van der Waals surface area (Å²) in [6.45, 7) is 4.26. The molecule has 1 aliphatic carbocycles. The summed E-state index contributed by atoms with van der Waals surface area (Å²) in [5.74, 6) is 0.551. The minimum atomic E-state index is -0.510. The molecule has 0 bridgehead atoms. The maximum Gasteiger partial charge on any atom is 0.317 e. The second-order valence-corrected chi connectivity index (χ2v) is 5.84. The Kier molecular flexibility index (Phi) is 4.65. The summed E-state index contributed by atoms with van der Waals surface area (Å²) in [6.07, 6.45) is 1.54. The van der Waals surface area contributed by atoms with Crippen LogP contribution in [0.2, 0.25) is 0 Å². The predicted octanol–water partition coefficient (Wildman–Crippen LogP) is 2.65. The third kappa shape index (κ3) is 3.31. The molecule has 0 fully saturated rings. The Morgan fingerprint density at radius 3 is 2.70 bits per heavy atom. The van der Waals surface area contributed by atoms with Crippen molar-refractivity contribution in [3.63, 3.8) is 0 Å². The molecule has 0 aromatic heterocycles. The lowest BCUT2D eigenvalue weighted by Gasteiger charge is -2.31. The fraction of sp³-hybridized carbons (Fsp3) is 0.562. The highest BCUT2D eigenvalue weighted by atomic mass is 16.3. The molecular weight excluding hydrogens is 252 g/mol. The zero-order valence-electron chi connectivity index (χ0n) is 12.5. The smallest absolute Gasteiger partial charge is 0.317 e. The van der Waals surface area contributed by atoms with Crippen molar-refractivity contribution in [3.8, 4) is 0 Å². The molecule has 1 aliphatic rings. The first-order chi connectivity index (χ1) is 9.49. The van der Waals surface area contributed by atoms with Crippen molar-refractivity contribution in [2.45, 2.75) is 44.8 Å². The van der Waals surface area contributed by atoms with Gasteiger partial charge in [0, 0.05) is 13.6 Å². The average Bonchev–Trinajstić information content (AvgIpc) is 2.41. The molecule has 2 N–H and O–H groups in total. The molecule has 4 nitrogen and oxygen atoms in total. The lowest BCUT2D eigenvalue weighted by molar-refractivity contribution is 0.142. The number of fused-ring (bicyclic) bond motifs is 1. The summed E-state index contributed by atoms with van der Waals surface area (Å²) < 4.78 is 0. The molecule has 0 heterocycles. The number of carbonyl (C=O) groups is 1. The molecule has 0 aliphatic heterocycles. The minimum Gasteiger partial charge on any atom is -0.392 e. The van der Waals surface area contributed by atoms with Crippen molar-refractivity contribution in [2.24, 2.45) is 0 Å². The molecule has 2 rings (SSSR count). The first-order valence-corrected chi connectivity index (χ1v) is 7.27. The molecule has 1 aromatic carbocycles. The van der Waals surface area contributed by atoms with Crippen LogP contribution in [0.15, 0.2) is 24.3 Å². The Hall–Kier alpha value is -1.55. The van der Waals surface area contributed by atoms with Crippen molar-refractivity contribution in [1.29, 1.82) is 0 Å². The van der Waals surface area contributed by atoms with Gasteiger partial charge in [-0.05, 0) is 36.8 Å². The number of carbonyl (C=O) groups excluding carboxylic acids is 1. The van der Waals surface area contributed by atoms with Crippen molar-refractivity contribution in [3.05, 3.63) is 35.4 Å². The predicted molar refractivity (Wildman–Crippen MR) is 79.7 cm³/mol. The van der Waals surface area contributed by atoms with Crippen LogP contribution in [0.4, 0.5) is 4.79 Å². The number of nitrogens with one attached hydrogen (secondary N) is 1. The molecule has 0 saturated carbocycles. The molecular formula is C16H24N2O2. The fourth-order valence-corrected chi connectivity index (χ4v) is 2.89. The van der Waals surface area contributed by atoms with Crippen molar-refractivity contribution in [1.82, 2.24) is 10.2 Å². The first-order valence-electron chi connectivity index (χ1n) is 7.27. The summed E-state index contributed by atoms with van der Waals surface area (Å²) in [7, 11) is 1.71. The molecule has 110 valence electrons. The van der Waals surface area contributed by atoms with Crippen LogP contribution in [0.3, 0.4) is 0 Å². The van der Waals surface area contributed by atoms with E-state index in [1.54, 1.807) is 14.0 Å². The topological polar surface area (TPSA) is 52.6 Å². The van der Waals surface area contributed by atoms with Gasteiger partial charge < -0.3 is 15.3 Å². The van der Waals surface area contributed by atoms with E-state index in [0.717, 1.165) is 12.8 Å². The van der Waals surface area contributed by atoms with Crippen LogP contribution in [0.25, 0.3) is 0 Å². The summed E-state index contributed by atoms with van der Waals surface area (Å²) in [6, 6.07) is 8.28. The van der Waals surface area contributed by atoms with Crippen LogP contribution in [-0.2, 0) is 0 Å². The van der Waals surface area contributed by atoms with E-state index in [4.69, 9.17) is 0 Å². The van der Waals surface area contributed by atoms with Gasteiger partial charge in [-0.2, -0.15) is 0 Å². The third-order valence-corrected chi connectivity index (χ3v) is 3.97. The third-order valence-electron chi connectivity index (χ3n) is 3.97. The number of urea groups is 1. The standard InChI is InChI=1S/C16H24N2O2/c1-11-8-9-15(14-7-5-4-6-13(11)14)17-16(20)18(3)10-12(2)19/h4-7,11-12,15,19H,8-10H2,1-3H3,(H,17,20). The lowest BCUT2D eigenvalue weighted by Crippen LogP contribution is -2.43. The van der Waals surface area contributed by atoms with Crippen LogP contribution in [0.1, 0.15) is 49.8 Å². The zero-order chi connectivity index (χ0) is 14.7. The Morgan fingerprint density at radius 2 is 2.05 bits per heavy atom. The number of hydrogen-bond donors (Lipinski definition) is 2. The van der Waals surface area contributed by atoms with E-state index in [9.17, 15) is 9.90 Å². The van der Waals surface area contributed by atoms with Gasteiger partial charge >= 0.3 is 6.03 Å². The van der Waals surface area contributed by atoms with E-state index in [2.05, 4.69) is 30.4 Å². The van der Waals surface area contributed by atoms with Gasteiger partial charge in [-0.25, -0.2) is 4.79 Å². The molecule has 3 atom stereocenters. The molecule has 4 heteroatoms. The van der Waals surface area contributed by atoms with E-state index in [0.29, 0.717) is 12.5 Å². The number of nitrogens with zero attached hydrogens (tertiary/aromatic N) is 1. The van der Waals surface area contributed by atoms with E-state index in [1.165, 1.54) is 16.0 Å². The maximum atomic E-state index is 12.1. The highest BCUT2D eigenvalue weighted by molar-refractivity contribution is 5.74. The number of hydrogen-bond acceptors (Lipinski definition) is 2. The van der Waals surface area contributed by atoms with Crippen LogP contribution in [0, 0.1) is 0 Å². The van der Waals surface area contributed by atoms with Gasteiger partial charge in [0.1, 0.15) is 0 Å². The van der Waals surface area contributed by atoms with Crippen molar-refractivity contribution in [2.75, 3.05) is 13.6 Å². The molecule has 20 heavy (non-hydrogen) atoms. The summed E-state index contributed by atoms with van der Waals surface area (Å²) in [4.78, 5) is 13.7. The number of benzene rings is 1. The van der Waals surface area contributed by atoms with E-state index in [-0.39, 0.29) is 12.1 Å². The average molecular weight is 276 g/mol. The lowest BCUT2D eigenvalue weighted by atomic mass is 9.81. The SMILES string of the molecule is CC(O)CN(C)C(=O)NC1CCC(C)c2ccccc21. The van der Waals surface area contributed by atoms with Gasteiger partial charge in [0.15, 0.2) is 0 Å². The molecule has 0 radical (unpaired) electrons. The highest BCUT2D eigenvalue weighted by Crippen LogP contribution is 2.36. The highest BCUT2D eigenvalue weighted by Gasteiger charge is 2.26. The monoisotopic (exact) mass is 276 g/mol. The van der Waals surface area contributed by atoms with Crippen LogP contribution in [0.5, 0.6) is 0 Å². The van der Waals surface area contributed by atoms with E-state index < -0.39 is 6.10 Å². The van der Waals surface area contributed by atoms with E-state index in [1.807, 2.05) is 6.07 Å². The van der Waals surface area contributed by atoms with Gasteiger partial charge in [-0.3, -0.25) is 0 Å². The van der Waals surface area contributed by atoms with Crippen LogP contribution in [-0.4, -0.2) is 35.7 Å². The normalized spacial score (nSPS) is 22.8. The largest absolute Gasteiger partial charge is 0.392 e. The van der Waals surface area contributed by atoms with Gasteiger partial charge in [0.25, 0.3) is 0 Å². The van der Waals surface area contributed by atoms with Crippen LogP contribution < -0.4 is 5.32 Å². The van der Waals surface area contributed by atoms with Gasteiger partial charge in [0.05, 0.1) is 12.1 Å². The number of aliphatic hydroxyl groups is 1. The molecule has 1 aromatic rings. The second-order valence-electron chi connectivity index (χ2n) is 5.84. The molecule has 3 unspecified atom stereocenters. The Morgan fingerprint density at radius 1 is 1.40 bits per heavy atom. The first kappa shape index (κ1) is 14.9. The zero-order valence-corrected chi connectivity index (χ0v) is 12.5. The summed E-state index contributed by atoms with van der Waals surface area (Å²) in [5.41, 5.74) is 2.56. The van der Waals surface area contributed by atoms with Gasteiger partial charge in [0.2, 0.25) is 0 Å². The van der Waals surface area contributed by atoms with Gasteiger partial charge in [-0.1, -0.05) is 31.2 Å². The molecule has 2 amide bonds. The maximum absolute atomic E-state index is 12.1. The Balaban J connectivity index is 2.07. The quantitative estimate of drug-likeness (QED) is 0.891. The van der Waals surface area contributed by atoms with Crippen molar-refractivity contribution < 1.29 is 9.90 Å². The minimum absolute atomic E-state index is 0.0753. The second kappa shape index (κ2) is 6.27. The van der Waals surface area contributed by atoms with Crippen LogP contribution >= 0.6 is 0 Å². The molecule has 0 saturated heterocycles. The summed E-state index contributed by atoms with van der Waals surface area (Å²) in [5, 5.41) is 12.4. The number of aliphatic hydroxyl groups excluding tert-OH is 1. The number of amides is 2. The number of rotatable bonds is 3. The van der Waals surface area contributed by atoms with Gasteiger partial charge in [-0.15, -0.1) is 0 Å². The van der Waals surface area contributed by atoms with E-state index >= 15 is 0 Å².